The summed E-state index contributed by atoms with van der Waals surface area (Å²) in [4.78, 5) is 12.3. The topological polar surface area (TPSA) is 64.2 Å². The van der Waals surface area contributed by atoms with E-state index >= 15 is 0 Å². The number of hydrogen-bond donors (Lipinski definition) is 1. The summed E-state index contributed by atoms with van der Waals surface area (Å²) in [5.41, 5.74) is 8.57. The Morgan fingerprint density at radius 2 is 2.10 bits per heavy atom. The summed E-state index contributed by atoms with van der Waals surface area (Å²) in [6.07, 6.45) is 3.65. The molecule has 0 saturated heterocycles. The molecule has 0 saturated carbocycles. The summed E-state index contributed by atoms with van der Waals surface area (Å²) in [6.45, 7) is 2.60. The van der Waals surface area contributed by atoms with Crippen molar-refractivity contribution in [3.63, 3.8) is 0 Å². The van der Waals surface area contributed by atoms with Gasteiger partial charge in [-0.05, 0) is 48.2 Å². The van der Waals surface area contributed by atoms with Crippen LogP contribution in [0, 0.1) is 0 Å². The molecule has 0 fully saturated rings. The molecule has 0 radical (unpaired) electrons. The number of carbonyl (C=O) groups excluding carboxylic acids is 1. The molecule has 0 aliphatic carbocycles. The average molecular weight is 286 g/mol. The molecule has 102 valence electrons. The zero-order valence-electron chi connectivity index (χ0n) is 11.0. The van der Waals surface area contributed by atoms with Crippen molar-refractivity contribution in [3.05, 3.63) is 53.9 Å². The summed E-state index contributed by atoms with van der Waals surface area (Å²) in [5.74, 6) is 0. The Hall–Kier alpha value is -2.21. The van der Waals surface area contributed by atoms with E-state index in [1.165, 1.54) is 11.9 Å². The molecule has 0 unspecified atom stereocenters. The lowest BCUT2D eigenvalue weighted by Gasteiger charge is -2.11. The third-order valence-electron chi connectivity index (χ3n) is 3.11. The molecule has 2 aromatic rings. The van der Waals surface area contributed by atoms with Crippen LogP contribution in [0.4, 0.5) is 4.79 Å². The second kappa shape index (κ2) is 5.05. The first kappa shape index (κ1) is 12.8. The fraction of sp³-hybridized carbons (Fsp3) is 0.143. The van der Waals surface area contributed by atoms with Gasteiger partial charge in [-0.2, -0.15) is 5.10 Å². The Morgan fingerprint density at radius 3 is 2.65 bits per heavy atom. The van der Waals surface area contributed by atoms with Crippen LogP contribution in [0.1, 0.15) is 12.5 Å². The number of benzene rings is 1. The van der Waals surface area contributed by atoms with Crippen LogP contribution in [0.2, 0.25) is 0 Å². The predicted octanol–water partition coefficient (Wildman–Crippen LogP) is 2.65. The Balaban J connectivity index is 1.85. The zero-order valence-corrected chi connectivity index (χ0v) is 11.8. The first-order valence-corrected chi connectivity index (χ1v) is 6.97. The van der Waals surface area contributed by atoms with Gasteiger partial charge in [0.2, 0.25) is 0 Å². The molecule has 2 N–H and O–H groups in total. The number of primary amides is 1. The van der Waals surface area contributed by atoms with Gasteiger partial charge in [0, 0.05) is 17.3 Å². The van der Waals surface area contributed by atoms with E-state index in [0.717, 1.165) is 21.7 Å². The van der Waals surface area contributed by atoms with Crippen LogP contribution >= 0.6 is 11.9 Å². The van der Waals surface area contributed by atoms with Crippen molar-refractivity contribution in [3.8, 4) is 5.69 Å². The molecule has 6 heteroatoms. The number of nitrogens with zero attached hydrogens (tertiary/aromatic N) is 3. The van der Waals surface area contributed by atoms with E-state index in [4.69, 9.17) is 5.73 Å². The van der Waals surface area contributed by atoms with Crippen LogP contribution in [0.15, 0.2) is 48.3 Å². The van der Waals surface area contributed by atoms with Gasteiger partial charge in [-0.3, -0.25) is 4.31 Å². The van der Waals surface area contributed by atoms with Gasteiger partial charge in [-0.25, -0.2) is 9.48 Å². The van der Waals surface area contributed by atoms with Crippen LogP contribution in [0.3, 0.4) is 0 Å². The number of rotatable bonds is 2. The summed E-state index contributed by atoms with van der Waals surface area (Å²) >= 11 is 1.40. The second-order valence-corrected chi connectivity index (χ2v) is 5.60. The molecule has 0 spiro atoms. The molecule has 3 rings (SSSR count). The van der Waals surface area contributed by atoms with Gasteiger partial charge in [0.25, 0.3) is 0 Å². The molecule has 1 aromatic carbocycles. The van der Waals surface area contributed by atoms with Crippen molar-refractivity contribution < 1.29 is 4.79 Å². The maximum atomic E-state index is 11.2. The fourth-order valence-electron chi connectivity index (χ4n) is 2.12. The van der Waals surface area contributed by atoms with E-state index in [2.05, 4.69) is 5.10 Å². The highest BCUT2D eigenvalue weighted by Crippen LogP contribution is 2.39. The van der Waals surface area contributed by atoms with Crippen LogP contribution in [0.25, 0.3) is 10.6 Å². The molecule has 0 atom stereocenters. The van der Waals surface area contributed by atoms with Crippen LogP contribution < -0.4 is 5.73 Å². The Bertz CT molecular complexity index is 661. The Morgan fingerprint density at radius 1 is 1.35 bits per heavy atom. The minimum absolute atomic E-state index is 0.405. The lowest BCUT2D eigenvalue weighted by molar-refractivity contribution is 0.237. The molecule has 1 aromatic heterocycles. The number of hydrogen-bond acceptors (Lipinski definition) is 3. The lowest BCUT2D eigenvalue weighted by Crippen LogP contribution is -2.28. The number of carbonyl (C=O) groups is 1. The van der Waals surface area contributed by atoms with Gasteiger partial charge >= 0.3 is 6.03 Å². The van der Waals surface area contributed by atoms with Crippen LogP contribution in [0.5, 0.6) is 0 Å². The van der Waals surface area contributed by atoms with Crippen molar-refractivity contribution in [2.45, 2.75) is 6.92 Å². The van der Waals surface area contributed by atoms with Crippen molar-refractivity contribution in [1.29, 1.82) is 0 Å². The standard InChI is InChI=1S/C14H14N4OS/c1-10-9-18(14(15)19)20-13(10)11-3-5-12(6-4-11)17-8-2-7-16-17/h2-8H,9H2,1H3,(H2,15,19). The quantitative estimate of drug-likeness (QED) is 0.863. The van der Waals surface area contributed by atoms with Crippen molar-refractivity contribution >= 4 is 22.9 Å². The van der Waals surface area contributed by atoms with Crippen molar-refractivity contribution in [1.82, 2.24) is 14.1 Å². The van der Waals surface area contributed by atoms with Gasteiger partial charge in [0.05, 0.1) is 12.2 Å². The van der Waals surface area contributed by atoms with Crippen LogP contribution in [-0.4, -0.2) is 26.7 Å². The third-order valence-corrected chi connectivity index (χ3v) is 4.41. The van der Waals surface area contributed by atoms with E-state index < -0.39 is 6.03 Å². The van der Waals surface area contributed by atoms with Gasteiger partial charge in [-0.15, -0.1) is 0 Å². The number of aromatic nitrogens is 2. The molecule has 20 heavy (non-hydrogen) atoms. The molecule has 2 heterocycles. The number of amides is 2. The van der Waals surface area contributed by atoms with E-state index in [1.54, 1.807) is 10.5 Å². The van der Waals surface area contributed by atoms with E-state index in [1.807, 2.05) is 48.1 Å². The van der Waals surface area contributed by atoms with Gasteiger partial charge in [0.1, 0.15) is 0 Å². The van der Waals surface area contributed by atoms with E-state index in [9.17, 15) is 4.79 Å². The maximum Gasteiger partial charge on any atom is 0.325 e. The van der Waals surface area contributed by atoms with Crippen molar-refractivity contribution in [2.24, 2.45) is 5.73 Å². The molecular weight excluding hydrogens is 272 g/mol. The fourth-order valence-corrected chi connectivity index (χ4v) is 3.15. The number of urea groups is 1. The highest BCUT2D eigenvalue weighted by Gasteiger charge is 2.24. The smallest absolute Gasteiger partial charge is 0.325 e. The minimum atomic E-state index is -0.405. The normalized spacial score (nSPS) is 14.9. The van der Waals surface area contributed by atoms with E-state index in [-0.39, 0.29) is 0 Å². The monoisotopic (exact) mass is 286 g/mol. The molecule has 2 amide bonds. The number of nitrogens with two attached hydrogens (primary N) is 1. The second-order valence-electron chi connectivity index (χ2n) is 4.57. The summed E-state index contributed by atoms with van der Waals surface area (Å²) in [6, 6.07) is 9.57. The predicted molar refractivity (Wildman–Crippen MR) is 80.0 cm³/mol. The minimum Gasteiger partial charge on any atom is -0.351 e. The first-order chi connectivity index (χ1) is 9.65. The maximum absolute atomic E-state index is 11.2. The highest BCUT2D eigenvalue weighted by atomic mass is 32.2. The van der Waals surface area contributed by atoms with Crippen molar-refractivity contribution in [2.75, 3.05) is 6.54 Å². The summed E-state index contributed by atoms with van der Waals surface area (Å²) in [7, 11) is 0. The van der Waals surface area contributed by atoms with E-state index in [0.29, 0.717) is 6.54 Å². The first-order valence-electron chi connectivity index (χ1n) is 6.20. The average Bonchev–Trinajstić information content (AvgIpc) is 3.08. The highest BCUT2D eigenvalue weighted by molar-refractivity contribution is 8.07. The summed E-state index contributed by atoms with van der Waals surface area (Å²) in [5, 5.41) is 4.19. The third kappa shape index (κ3) is 2.30. The van der Waals surface area contributed by atoms with Gasteiger partial charge in [-0.1, -0.05) is 12.1 Å². The molecule has 0 bridgehead atoms. The summed E-state index contributed by atoms with van der Waals surface area (Å²) < 4.78 is 3.37. The SMILES string of the molecule is CC1=C(c2ccc(-n3cccn3)cc2)SN(C(N)=O)C1. The Labute approximate surface area is 121 Å². The molecule has 1 aliphatic rings. The van der Waals surface area contributed by atoms with Gasteiger partial charge < -0.3 is 5.73 Å². The lowest BCUT2D eigenvalue weighted by atomic mass is 10.1. The molecule has 1 aliphatic heterocycles. The largest absolute Gasteiger partial charge is 0.351 e. The zero-order chi connectivity index (χ0) is 14.1. The molecule has 5 nitrogen and oxygen atoms in total. The van der Waals surface area contributed by atoms with Gasteiger partial charge in [0.15, 0.2) is 0 Å². The molecular formula is C14H14N4OS. The van der Waals surface area contributed by atoms with Crippen LogP contribution in [-0.2, 0) is 0 Å². The Kier molecular flexibility index (Phi) is 3.23.